The highest BCUT2D eigenvalue weighted by molar-refractivity contribution is 6.95. The molecule has 134 heavy (non-hydrogen) atoms. The molecule has 0 fully saturated rings. The van der Waals surface area contributed by atoms with Crippen LogP contribution >= 0.6 is 0 Å². The molecule has 0 amide bonds. The van der Waals surface area contributed by atoms with Gasteiger partial charge in [0.15, 0.2) is 175 Å². The number of hydrogen-bond donors (Lipinski definition) is 0. The van der Waals surface area contributed by atoms with Crippen molar-refractivity contribution in [3.8, 4) is 0 Å². The average Bonchev–Trinajstić information content (AvgIpc) is 0.794. The van der Waals surface area contributed by atoms with Gasteiger partial charge in [-0.3, -0.25) is 0 Å². The van der Waals surface area contributed by atoms with Crippen LogP contribution < -0.4 is 0 Å². The molecule has 0 heterocycles. The molecule has 0 saturated heterocycles. The van der Waals surface area contributed by atoms with Crippen LogP contribution in [0.1, 0.15) is 77.0 Å². The SMILES string of the molecule is C[Si](C)(C)OCCC[Si](C)(C)O[Si](CCC[Si](C)(C)O[Si](C)(O[Si](C)(C)CCC[Si](O[Si](C)(C)CCCO[Si](C)(C)C)(O[Si](C)(C)CCCO[Si](C)(C)C)O[Si](C)(C)CCCO[Si](C)(C)C)O[Si](C)(C)CCC[Si](O[Si](C)(C)CCCO[Si](C)(C)C)(O[Si](C)(C)CCCO[Si](C)(C)C)O[Si](C)(C)CCCO[Si](C)(C)C)(O[Si](C)(C)CCCO[Si](C)(C)C)O[Si](C)(C)CCCO[Si](C)(C)C. The van der Waals surface area contributed by atoms with E-state index in [1.807, 2.05) is 0 Å². The Balaban J connectivity index is 9.42. The van der Waals surface area contributed by atoms with Crippen LogP contribution in [0.25, 0.3) is 0 Å². The summed E-state index contributed by atoms with van der Waals surface area (Å²) in [7, 11) is -60.7. The third-order valence-corrected chi connectivity index (χ3v) is 95.6. The summed E-state index contributed by atoms with van der Waals surface area (Å²) in [6.07, 6.45) is 11.0. The molecule has 0 N–H and O–H groups in total. The van der Waals surface area contributed by atoms with Crippen LogP contribution in [0.2, 0.25) is 431 Å². The van der Waals surface area contributed by atoms with Gasteiger partial charge in [0, 0.05) is 84.1 Å². The standard InChI is InChI=1S/C88H228O21Si25/c1-110(2,3)89-65-53-74-122(34,35)101-132(102-123(36,37)75-54-66-90-111(4,5)6,103-124(38,39)76-55-67-91-112(7,8)9)86-62-83-119(28,29)98-131(52,99-120(30,31)84-63-87-133(104-125(40,41)77-56-68-92-113(10,11)12,105-126(42,43)78-57-69-93-114(13,14)15)106-127(44,45)79-58-70-94-115(16,17)18)100-121(32,33)85-64-88-134(107-128(46,47)80-59-71-95-116(19,20)21,108-129(48,49)81-60-72-96-117(22,23)24)109-130(50,51)82-61-73-97-118(25,26)27/h53-88H2,1-52H3. The molecule has 0 aromatic heterocycles. The van der Waals surface area contributed by atoms with E-state index in [1.54, 1.807) is 0 Å². The molecule has 46 heteroatoms. The van der Waals surface area contributed by atoms with Crippen molar-refractivity contribution < 1.29 is 89.2 Å². The Bertz CT molecular complexity index is 2620. The second-order valence-corrected chi connectivity index (χ2v) is 161. The van der Waals surface area contributed by atoms with Crippen molar-refractivity contribution in [2.75, 3.05) is 59.5 Å². The van der Waals surface area contributed by atoms with Crippen molar-refractivity contribution in [2.24, 2.45) is 0 Å². The van der Waals surface area contributed by atoms with Gasteiger partial charge in [-0.2, -0.15) is 0 Å². The molecule has 0 atom stereocenters. The van der Waals surface area contributed by atoms with Gasteiger partial charge in [0.2, 0.25) is 0 Å². The maximum absolute atomic E-state index is 8.23. The number of hydrogen-bond acceptors (Lipinski definition) is 21. The van der Waals surface area contributed by atoms with E-state index in [9.17, 15) is 0 Å². The summed E-state index contributed by atoms with van der Waals surface area (Å²) >= 11 is 0. The summed E-state index contributed by atoms with van der Waals surface area (Å²) in [6.45, 7) is 129. The fourth-order valence-electron chi connectivity index (χ4n) is 16.7. The molecule has 0 bridgehead atoms. The zero-order valence-corrected chi connectivity index (χ0v) is 124. The summed E-state index contributed by atoms with van der Waals surface area (Å²) in [6, 6.07) is 13.3. The van der Waals surface area contributed by atoms with E-state index < -0.39 is 210 Å². The van der Waals surface area contributed by atoms with Crippen molar-refractivity contribution in [2.45, 2.75) is 508 Å². The van der Waals surface area contributed by atoms with Gasteiger partial charge < -0.3 is 89.2 Å². The smallest absolute Gasteiger partial charge is 0.418 e. The highest BCUT2D eigenvalue weighted by Crippen LogP contribution is 2.43. The van der Waals surface area contributed by atoms with Crippen LogP contribution in [0.5, 0.6) is 0 Å². The van der Waals surface area contributed by atoms with E-state index in [0.29, 0.717) is 18.1 Å². The molecule has 0 radical (unpaired) electrons. The lowest BCUT2D eigenvalue weighted by Crippen LogP contribution is -2.62. The summed E-state index contributed by atoms with van der Waals surface area (Å²) in [5.41, 5.74) is 0. The van der Waals surface area contributed by atoms with E-state index in [4.69, 9.17) is 89.2 Å². The maximum atomic E-state index is 8.23. The van der Waals surface area contributed by atoms with Gasteiger partial charge in [-0.15, -0.1) is 0 Å². The topological polar surface area (TPSA) is 194 Å². The molecule has 0 spiro atoms. The van der Waals surface area contributed by atoms with Crippen molar-refractivity contribution in [3.05, 3.63) is 0 Å². The van der Waals surface area contributed by atoms with Crippen molar-refractivity contribution >= 4 is 210 Å². The average molecular weight is 2320 g/mol. The first kappa shape index (κ1) is 139. The van der Waals surface area contributed by atoms with E-state index in [1.165, 1.54) is 0 Å². The molecule has 0 unspecified atom stereocenters. The minimum absolute atomic E-state index is 0.710. The third-order valence-electron chi connectivity index (χ3n) is 22.2. The Morgan fingerprint density at radius 1 is 0.104 bits per heavy atom. The van der Waals surface area contributed by atoms with Gasteiger partial charge in [-0.25, -0.2) is 0 Å². The Morgan fingerprint density at radius 2 is 0.194 bits per heavy atom. The first-order chi connectivity index (χ1) is 59.5. The molecule has 0 saturated carbocycles. The van der Waals surface area contributed by atoms with Crippen LogP contribution in [0.15, 0.2) is 0 Å². The second-order valence-electron chi connectivity index (χ2n) is 55.4. The summed E-state index contributed by atoms with van der Waals surface area (Å²) in [4.78, 5) is 0. The van der Waals surface area contributed by atoms with Gasteiger partial charge in [0.1, 0.15) is 0 Å². The predicted molar refractivity (Wildman–Crippen MR) is 643 cm³/mol. The highest BCUT2D eigenvalue weighted by Gasteiger charge is 2.58. The molecule has 806 valence electrons. The Kier molecular flexibility index (Phi) is 59.3. The quantitative estimate of drug-likeness (QED) is 0.0412. The largest absolute Gasteiger partial charge is 0.469 e. The zero-order chi connectivity index (χ0) is 105. The zero-order valence-electron chi connectivity index (χ0n) is 98.5. The van der Waals surface area contributed by atoms with Crippen molar-refractivity contribution in [1.29, 1.82) is 0 Å². The lowest BCUT2D eigenvalue weighted by atomic mass is 10.5. The van der Waals surface area contributed by atoms with E-state index in [2.05, 4.69) is 340 Å². The molecule has 0 aromatic rings. The summed E-state index contributed by atoms with van der Waals surface area (Å²) in [5.74, 6) is 0. The van der Waals surface area contributed by atoms with Gasteiger partial charge in [0.25, 0.3) is 0 Å². The van der Waals surface area contributed by atoms with Gasteiger partial charge in [-0.05, 0) is 483 Å². The Morgan fingerprint density at radius 3 is 0.291 bits per heavy atom. The fraction of sp³-hybridized carbons (Fsp3) is 1.00. The molecule has 0 aliphatic rings. The van der Waals surface area contributed by atoms with Gasteiger partial charge in [-0.1, -0.05) is 0 Å². The molecule has 0 aromatic carbocycles. The summed E-state index contributed by atoms with van der Waals surface area (Å²) in [5, 5.41) is 0. The minimum Gasteiger partial charge on any atom is -0.418 e. The third kappa shape index (κ3) is 76.1. The number of rotatable bonds is 81. The summed E-state index contributed by atoms with van der Waals surface area (Å²) < 4.78 is 156. The lowest BCUT2D eigenvalue weighted by molar-refractivity contribution is 0.239. The fourth-order valence-corrected chi connectivity index (χ4v) is 95.9. The van der Waals surface area contributed by atoms with E-state index in [-0.39, 0.29) is 0 Å². The van der Waals surface area contributed by atoms with E-state index in [0.717, 1.165) is 209 Å². The minimum atomic E-state index is -3.66. The molecule has 0 aliphatic carbocycles. The van der Waals surface area contributed by atoms with Crippen LogP contribution in [-0.2, 0) is 89.2 Å². The highest BCUT2D eigenvalue weighted by atomic mass is 28.5. The second kappa shape index (κ2) is 57.3. The molecule has 0 rings (SSSR count). The molecule has 0 aliphatic heterocycles. The Hall–Kier alpha value is 4.58. The first-order valence-corrected chi connectivity index (χ1v) is 129. The molecular weight excluding hydrogens is 2100 g/mol. The Labute approximate surface area is 858 Å². The lowest BCUT2D eigenvalue weighted by Gasteiger charge is -2.46. The molecule has 21 nitrogen and oxygen atoms in total. The normalized spacial score (nSPS) is 15.2. The van der Waals surface area contributed by atoms with Crippen molar-refractivity contribution in [1.82, 2.24) is 0 Å². The van der Waals surface area contributed by atoms with Crippen LogP contribution in [0.3, 0.4) is 0 Å². The van der Waals surface area contributed by atoms with Crippen LogP contribution in [0, 0.1) is 0 Å². The monoisotopic (exact) mass is 2320 g/mol. The van der Waals surface area contributed by atoms with Crippen LogP contribution in [0.4, 0.5) is 0 Å². The van der Waals surface area contributed by atoms with E-state index >= 15 is 0 Å². The molecular formula is C88H228O21Si25. The predicted octanol–water partition coefficient (Wildman–Crippen LogP) is 31.4. The van der Waals surface area contributed by atoms with Crippen molar-refractivity contribution in [3.63, 3.8) is 0 Å². The van der Waals surface area contributed by atoms with Gasteiger partial charge >= 0.3 is 35.2 Å². The maximum Gasteiger partial charge on any atom is 0.469 e. The first-order valence-electron chi connectivity index (χ1n) is 52.6. The van der Waals surface area contributed by atoms with Gasteiger partial charge in [0.05, 0.1) is 0 Å². The van der Waals surface area contributed by atoms with Crippen LogP contribution in [-0.4, -0.2) is 269 Å².